The van der Waals surface area contributed by atoms with E-state index in [9.17, 15) is 4.79 Å². The Morgan fingerprint density at radius 2 is 2.11 bits per heavy atom. The van der Waals surface area contributed by atoms with Gasteiger partial charge in [0.1, 0.15) is 0 Å². The van der Waals surface area contributed by atoms with Gasteiger partial charge in [-0.15, -0.1) is 0 Å². The molecule has 3 heterocycles. The molecule has 1 fully saturated rings. The molecule has 3 aromatic rings. The normalized spacial score (nSPS) is 14.3. The highest BCUT2D eigenvalue weighted by molar-refractivity contribution is 6.34. The van der Waals surface area contributed by atoms with Crippen LogP contribution in [0.5, 0.6) is 0 Å². The summed E-state index contributed by atoms with van der Waals surface area (Å²) in [6.07, 6.45) is 1.55. The van der Waals surface area contributed by atoms with Crippen LogP contribution in [-0.2, 0) is 11.3 Å². The molecule has 1 aromatic carbocycles. The van der Waals surface area contributed by atoms with Crippen LogP contribution < -0.4 is 5.32 Å². The molecule has 8 nitrogen and oxygen atoms in total. The smallest absolute Gasteiger partial charge is 0.255 e. The average Bonchev–Trinajstić information content (AvgIpc) is 3.38. The molecule has 2 aromatic heterocycles. The summed E-state index contributed by atoms with van der Waals surface area (Å²) in [5.74, 6) is 1.25. The summed E-state index contributed by atoms with van der Waals surface area (Å²) >= 11 is 6.31. The van der Waals surface area contributed by atoms with Crippen molar-refractivity contribution < 1.29 is 18.5 Å². The Balaban J connectivity index is 1.40. The van der Waals surface area contributed by atoms with Crippen molar-refractivity contribution >= 4 is 23.2 Å². The number of anilines is 1. The maximum absolute atomic E-state index is 12.5. The number of furan rings is 1. The van der Waals surface area contributed by atoms with Crippen LogP contribution in [-0.4, -0.2) is 47.3 Å². The third-order valence-electron chi connectivity index (χ3n) is 4.15. The highest BCUT2D eigenvalue weighted by Gasteiger charge is 2.20. The minimum absolute atomic E-state index is 0.0881. The SMILES string of the molecule is O=C(c1ccc(NCc2nc(-c3ccco3)no2)cc1Cl)N1CCOCC1. The number of ether oxygens (including phenoxy) is 1. The molecule has 0 saturated carbocycles. The van der Waals surface area contributed by atoms with Crippen LogP contribution in [0.1, 0.15) is 16.2 Å². The zero-order valence-electron chi connectivity index (χ0n) is 14.4. The highest BCUT2D eigenvalue weighted by atomic mass is 35.5. The lowest BCUT2D eigenvalue weighted by Crippen LogP contribution is -2.40. The molecule has 140 valence electrons. The molecule has 0 atom stereocenters. The Morgan fingerprint density at radius 1 is 1.26 bits per heavy atom. The van der Waals surface area contributed by atoms with E-state index in [4.69, 9.17) is 25.3 Å². The molecule has 0 unspecified atom stereocenters. The lowest BCUT2D eigenvalue weighted by Gasteiger charge is -2.27. The van der Waals surface area contributed by atoms with Gasteiger partial charge < -0.3 is 23.9 Å². The average molecular weight is 389 g/mol. The molecule has 4 rings (SSSR count). The highest BCUT2D eigenvalue weighted by Crippen LogP contribution is 2.23. The standard InChI is InChI=1S/C18H17ClN4O4/c19-14-10-12(3-4-13(14)18(24)23-5-8-25-9-6-23)20-11-16-21-17(22-27-16)15-2-1-7-26-15/h1-4,7,10,20H,5-6,8-9,11H2. The first-order valence-corrected chi connectivity index (χ1v) is 8.85. The fraction of sp³-hybridized carbons (Fsp3) is 0.278. The lowest BCUT2D eigenvalue weighted by atomic mass is 10.1. The molecule has 1 aliphatic heterocycles. The number of halogens is 1. The van der Waals surface area contributed by atoms with Crippen molar-refractivity contribution in [3.05, 3.63) is 53.1 Å². The summed E-state index contributed by atoms with van der Waals surface area (Å²) < 4.78 is 15.7. The van der Waals surface area contributed by atoms with Crippen LogP contribution in [0.4, 0.5) is 5.69 Å². The van der Waals surface area contributed by atoms with Gasteiger partial charge in [-0.1, -0.05) is 16.8 Å². The molecular weight excluding hydrogens is 372 g/mol. The van der Waals surface area contributed by atoms with E-state index in [1.54, 1.807) is 41.5 Å². The summed E-state index contributed by atoms with van der Waals surface area (Å²) in [5, 5.41) is 7.41. The second kappa shape index (κ2) is 7.81. The van der Waals surface area contributed by atoms with Gasteiger partial charge in [-0.25, -0.2) is 0 Å². The van der Waals surface area contributed by atoms with Crippen molar-refractivity contribution in [2.45, 2.75) is 6.54 Å². The predicted molar refractivity (Wildman–Crippen MR) is 97.5 cm³/mol. The zero-order valence-corrected chi connectivity index (χ0v) is 15.1. The Kier molecular flexibility index (Phi) is 5.08. The summed E-state index contributed by atoms with van der Waals surface area (Å²) in [7, 11) is 0. The first-order valence-electron chi connectivity index (χ1n) is 8.47. The minimum atomic E-state index is -0.0881. The Morgan fingerprint density at radius 3 is 2.85 bits per heavy atom. The number of hydrogen-bond donors (Lipinski definition) is 1. The van der Waals surface area contributed by atoms with E-state index in [0.717, 1.165) is 5.69 Å². The number of morpholine rings is 1. The van der Waals surface area contributed by atoms with Crippen molar-refractivity contribution in [1.82, 2.24) is 15.0 Å². The third kappa shape index (κ3) is 3.96. The van der Waals surface area contributed by atoms with Gasteiger partial charge in [-0.05, 0) is 30.3 Å². The number of hydrogen-bond acceptors (Lipinski definition) is 7. The Hall–Kier alpha value is -2.84. The molecule has 0 aliphatic carbocycles. The fourth-order valence-corrected chi connectivity index (χ4v) is 3.01. The van der Waals surface area contributed by atoms with Crippen molar-refractivity contribution in [2.75, 3.05) is 31.6 Å². The number of benzene rings is 1. The second-order valence-corrected chi connectivity index (χ2v) is 6.35. The molecule has 1 saturated heterocycles. The van der Waals surface area contributed by atoms with E-state index >= 15 is 0 Å². The second-order valence-electron chi connectivity index (χ2n) is 5.94. The van der Waals surface area contributed by atoms with E-state index in [2.05, 4.69) is 15.5 Å². The van der Waals surface area contributed by atoms with Crippen LogP contribution in [0.15, 0.2) is 45.5 Å². The fourth-order valence-electron chi connectivity index (χ4n) is 2.75. The van der Waals surface area contributed by atoms with Gasteiger partial charge in [0.15, 0.2) is 5.76 Å². The molecule has 0 radical (unpaired) electrons. The van der Waals surface area contributed by atoms with Gasteiger partial charge in [0, 0.05) is 18.8 Å². The molecule has 1 aliphatic rings. The van der Waals surface area contributed by atoms with Crippen molar-refractivity contribution in [2.24, 2.45) is 0 Å². The molecular formula is C18H17ClN4O4. The van der Waals surface area contributed by atoms with Crippen molar-refractivity contribution in [3.63, 3.8) is 0 Å². The lowest BCUT2D eigenvalue weighted by molar-refractivity contribution is 0.0303. The van der Waals surface area contributed by atoms with Gasteiger partial charge in [0.05, 0.1) is 36.6 Å². The third-order valence-corrected chi connectivity index (χ3v) is 4.46. The minimum Gasteiger partial charge on any atom is -0.461 e. The molecule has 27 heavy (non-hydrogen) atoms. The number of rotatable bonds is 5. The van der Waals surface area contributed by atoms with Crippen LogP contribution in [0, 0.1) is 0 Å². The monoisotopic (exact) mass is 388 g/mol. The Bertz CT molecular complexity index is 919. The van der Waals surface area contributed by atoms with Gasteiger partial charge in [-0.2, -0.15) is 4.98 Å². The maximum atomic E-state index is 12.5. The number of carbonyl (C=O) groups is 1. The van der Waals surface area contributed by atoms with E-state index in [1.165, 1.54) is 0 Å². The number of aromatic nitrogens is 2. The molecule has 0 spiro atoms. The van der Waals surface area contributed by atoms with Crippen LogP contribution in [0.3, 0.4) is 0 Å². The molecule has 9 heteroatoms. The van der Waals surface area contributed by atoms with Gasteiger partial charge in [0.2, 0.25) is 11.7 Å². The number of nitrogens with zero attached hydrogens (tertiary/aromatic N) is 3. The van der Waals surface area contributed by atoms with Crippen molar-refractivity contribution in [1.29, 1.82) is 0 Å². The summed E-state index contributed by atoms with van der Waals surface area (Å²) in [6.45, 7) is 2.57. The van der Waals surface area contributed by atoms with Crippen LogP contribution >= 0.6 is 11.6 Å². The van der Waals surface area contributed by atoms with E-state index in [0.29, 0.717) is 60.9 Å². The topological polar surface area (TPSA) is 93.6 Å². The first kappa shape index (κ1) is 17.6. The number of carbonyl (C=O) groups excluding carboxylic acids is 1. The Labute approximate surface area is 160 Å². The summed E-state index contributed by atoms with van der Waals surface area (Å²) in [5.41, 5.74) is 1.22. The van der Waals surface area contributed by atoms with Crippen molar-refractivity contribution in [3.8, 4) is 11.6 Å². The van der Waals surface area contributed by atoms with Gasteiger partial charge in [0.25, 0.3) is 5.91 Å². The number of nitrogens with one attached hydrogen (secondary N) is 1. The predicted octanol–water partition coefficient (Wildman–Crippen LogP) is 3.07. The van der Waals surface area contributed by atoms with Crippen LogP contribution in [0.2, 0.25) is 5.02 Å². The largest absolute Gasteiger partial charge is 0.461 e. The summed E-state index contributed by atoms with van der Waals surface area (Å²) in [4.78, 5) is 18.5. The first-order chi connectivity index (χ1) is 13.2. The van der Waals surface area contributed by atoms with E-state index in [1.807, 2.05) is 0 Å². The van der Waals surface area contributed by atoms with E-state index < -0.39 is 0 Å². The zero-order chi connectivity index (χ0) is 18.6. The molecule has 0 bridgehead atoms. The molecule has 1 amide bonds. The quantitative estimate of drug-likeness (QED) is 0.717. The summed E-state index contributed by atoms with van der Waals surface area (Å²) in [6, 6.07) is 8.73. The van der Waals surface area contributed by atoms with Gasteiger partial charge in [-0.3, -0.25) is 4.79 Å². The van der Waals surface area contributed by atoms with Crippen LogP contribution in [0.25, 0.3) is 11.6 Å². The number of amides is 1. The molecule has 1 N–H and O–H groups in total. The van der Waals surface area contributed by atoms with E-state index in [-0.39, 0.29) is 5.91 Å². The maximum Gasteiger partial charge on any atom is 0.255 e. The van der Waals surface area contributed by atoms with Gasteiger partial charge >= 0.3 is 0 Å².